The molecule has 0 aliphatic carbocycles. The molecule has 3 aromatic rings. The lowest BCUT2D eigenvalue weighted by Gasteiger charge is -2.28. The molecule has 0 radical (unpaired) electrons. The van der Waals surface area contributed by atoms with Crippen LogP contribution in [0.3, 0.4) is 0 Å². The van der Waals surface area contributed by atoms with Crippen molar-refractivity contribution in [2.24, 2.45) is 0 Å². The molecular formula is C25H29ClN4OS. The number of thiocarbonyl (C=S) groups is 1. The Hall–Kier alpha value is -2.57. The highest BCUT2D eigenvalue weighted by molar-refractivity contribution is 7.80. The molecule has 0 saturated carbocycles. The van der Waals surface area contributed by atoms with E-state index in [0.717, 1.165) is 53.0 Å². The fraction of sp³-hybridized carbons (Fsp3) is 0.360. The standard InChI is InChI=1S/C25H29ClN4OS/c1-5-6-13-29-24(23(28-25(29)32)20-9-7-8-12-27-20)19-14-16(2)30(17(19)3)21-15-18(26)10-11-22(21)31-4/h7-12,14-15,23-24H,5-6,13H2,1-4H3,(H,28,32)/t23-,24+/m1/s1. The average molecular weight is 469 g/mol. The number of aromatic nitrogens is 2. The van der Waals surface area contributed by atoms with Gasteiger partial charge in [0, 0.05) is 29.2 Å². The molecule has 7 heteroatoms. The maximum absolute atomic E-state index is 6.35. The highest BCUT2D eigenvalue weighted by atomic mass is 35.5. The zero-order chi connectivity index (χ0) is 22.8. The van der Waals surface area contributed by atoms with Crippen LogP contribution in [0.1, 0.15) is 54.5 Å². The largest absolute Gasteiger partial charge is 0.495 e. The topological polar surface area (TPSA) is 42.3 Å². The fourth-order valence-electron chi connectivity index (χ4n) is 4.61. The first kappa shape index (κ1) is 22.6. The lowest BCUT2D eigenvalue weighted by Crippen LogP contribution is -2.30. The smallest absolute Gasteiger partial charge is 0.170 e. The van der Waals surface area contributed by atoms with Gasteiger partial charge in [-0.15, -0.1) is 0 Å². The summed E-state index contributed by atoms with van der Waals surface area (Å²) in [5.74, 6) is 0.784. The third-order valence-electron chi connectivity index (χ3n) is 6.12. The normalized spacial score (nSPS) is 18.2. The second-order valence-corrected chi connectivity index (χ2v) is 8.97. The van der Waals surface area contributed by atoms with Crippen molar-refractivity contribution in [2.75, 3.05) is 13.7 Å². The highest BCUT2D eigenvalue weighted by Crippen LogP contribution is 2.42. The predicted octanol–water partition coefficient (Wildman–Crippen LogP) is 5.92. The Balaban J connectivity index is 1.85. The molecule has 2 atom stereocenters. The summed E-state index contributed by atoms with van der Waals surface area (Å²) in [4.78, 5) is 6.97. The predicted molar refractivity (Wildman–Crippen MR) is 134 cm³/mol. The van der Waals surface area contributed by atoms with E-state index >= 15 is 0 Å². The van der Waals surface area contributed by atoms with Crippen molar-refractivity contribution in [3.05, 3.63) is 76.3 Å². The molecule has 2 aromatic heterocycles. The van der Waals surface area contributed by atoms with Crippen LogP contribution in [0.2, 0.25) is 5.02 Å². The Morgan fingerprint density at radius 2 is 2.00 bits per heavy atom. The van der Waals surface area contributed by atoms with Crippen molar-refractivity contribution in [2.45, 2.75) is 45.7 Å². The van der Waals surface area contributed by atoms with Gasteiger partial charge in [-0.25, -0.2) is 0 Å². The summed E-state index contributed by atoms with van der Waals surface area (Å²) in [6.45, 7) is 7.37. The molecule has 1 saturated heterocycles. The van der Waals surface area contributed by atoms with Gasteiger partial charge in [-0.3, -0.25) is 4.98 Å². The number of nitrogens with one attached hydrogen (secondary N) is 1. The minimum absolute atomic E-state index is 0.0178. The molecule has 168 valence electrons. The van der Waals surface area contributed by atoms with Gasteiger partial charge in [0.1, 0.15) is 5.75 Å². The second kappa shape index (κ2) is 9.51. The van der Waals surface area contributed by atoms with Gasteiger partial charge in [0.25, 0.3) is 0 Å². The summed E-state index contributed by atoms with van der Waals surface area (Å²) >= 11 is 12.1. The zero-order valence-corrected chi connectivity index (χ0v) is 20.5. The maximum atomic E-state index is 6.35. The Kier molecular flexibility index (Phi) is 6.72. The number of ether oxygens (including phenoxy) is 1. The molecule has 0 unspecified atom stereocenters. The van der Waals surface area contributed by atoms with Gasteiger partial charge in [-0.2, -0.15) is 0 Å². The molecule has 1 aliphatic heterocycles. The number of hydrogen-bond donors (Lipinski definition) is 1. The van der Waals surface area contributed by atoms with E-state index in [2.05, 4.69) is 52.7 Å². The molecule has 32 heavy (non-hydrogen) atoms. The zero-order valence-electron chi connectivity index (χ0n) is 18.9. The summed E-state index contributed by atoms with van der Waals surface area (Å²) in [5.41, 5.74) is 5.41. The molecule has 0 spiro atoms. The lowest BCUT2D eigenvalue weighted by molar-refractivity contribution is 0.312. The van der Waals surface area contributed by atoms with E-state index in [0.29, 0.717) is 5.02 Å². The third kappa shape index (κ3) is 4.09. The number of rotatable bonds is 7. The van der Waals surface area contributed by atoms with Crippen LogP contribution >= 0.6 is 23.8 Å². The number of hydrogen-bond acceptors (Lipinski definition) is 3. The van der Waals surface area contributed by atoms with Crippen LogP contribution in [0, 0.1) is 13.8 Å². The summed E-state index contributed by atoms with van der Waals surface area (Å²) < 4.78 is 7.87. The molecule has 1 aliphatic rings. The van der Waals surface area contributed by atoms with Gasteiger partial charge in [0.2, 0.25) is 0 Å². The van der Waals surface area contributed by atoms with Gasteiger partial charge in [-0.1, -0.05) is 31.0 Å². The van der Waals surface area contributed by atoms with Crippen LogP contribution in [0.15, 0.2) is 48.7 Å². The highest BCUT2D eigenvalue weighted by Gasteiger charge is 2.41. The van der Waals surface area contributed by atoms with Crippen molar-refractivity contribution < 1.29 is 4.74 Å². The summed E-state index contributed by atoms with van der Waals surface area (Å²) in [5, 5.41) is 5.00. The first-order chi connectivity index (χ1) is 15.5. The molecule has 5 nitrogen and oxygen atoms in total. The molecular weight excluding hydrogens is 440 g/mol. The molecule has 1 N–H and O–H groups in total. The number of pyridine rings is 1. The molecule has 1 aromatic carbocycles. The first-order valence-corrected chi connectivity index (χ1v) is 11.8. The van der Waals surface area contributed by atoms with Crippen LogP contribution in [-0.4, -0.2) is 33.2 Å². The lowest BCUT2D eigenvalue weighted by atomic mass is 9.96. The Bertz CT molecular complexity index is 1110. The van der Waals surface area contributed by atoms with Crippen LogP contribution in [0.5, 0.6) is 5.75 Å². The van der Waals surface area contributed by atoms with Gasteiger partial charge >= 0.3 is 0 Å². The SMILES string of the molecule is CCCCN1C(=S)N[C@H](c2ccccn2)[C@@H]1c1cc(C)n(-c2cc(Cl)ccc2OC)c1C. The van der Waals surface area contributed by atoms with E-state index in [-0.39, 0.29) is 12.1 Å². The minimum atomic E-state index is -0.0178. The van der Waals surface area contributed by atoms with E-state index in [1.807, 2.05) is 36.5 Å². The van der Waals surface area contributed by atoms with Gasteiger partial charge in [0.15, 0.2) is 5.11 Å². The van der Waals surface area contributed by atoms with Crippen LogP contribution in [0.25, 0.3) is 5.69 Å². The number of unbranched alkanes of at least 4 members (excludes halogenated alkanes) is 1. The Labute approximate surface area is 200 Å². The summed E-state index contributed by atoms with van der Waals surface area (Å²) in [6.07, 6.45) is 4.03. The van der Waals surface area contributed by atoms with E-state index in [9.17, 15) is 0 Å². The third-order valence-corrected chi connectivity index (χ3v) is 6.71. The Morgan fingerprint density at radius 1 is 1.19 bits per heavy atom. The molecule has 1 fully saturated rings. The molecule has 4 rings (SSSR count). The van der Waals surface area contributed by atoms with Gasteiger partial charge in [-0.05, 0) is 74.4 Å². The molecule has 0 amide bonds. The van der Waals surface area contributed by atoms with Crippen LogP contribution in [-0.2, 0) is 0 Å². The maximum Gasteiger partial charge on any atom is 0.170 e. The quantitative estimate of drug-likeness (QED) is 0.435. The monoisotopic (exact) mass is 468 g/mol. The van der Waals surface area contributed by atoms with E-state index in [1.54, 1.807) is 7.11 Å². The van der Waals surface area contributed by atoms with Gasteiger partial charge < -0.3 is 19.5 Å². The number of aryl methyl sites for hydroxylation is 1. The van der Waals surface area contributed by atoms with Crippen molar-refractivity contribution in [3.8, 4) is 11.4 Å². The van der Waals surface area contributed by atoms with E-state index in [1.165, 1.54) is 5.56 Å². The number of nitrogens with zero attached hydrogens (tertiary/aromatic N) is 3. The fourth-order valence-corrected chi connectivity index (χ4v) is 5.11. The number of benzene rings is 1. The minimum Gasteiger partial charge on any atom is -0.495 e. The van der Waals surface area contributed by atoms with Crippen LogP contribution < -0.4 is 10.1 Å². The first-order valence-electron chi connectivity index (χ1n) is 11.0. The van der Waals surface area contributed by atoms with E-state index in [4.69, 9.17) is 28.6 Å². The average Bonchev–Trinajstić information content (AvgIpc) is 3.27. The van der Waals surface area contributed by atoms with Crippen molar-refractivity contribution >= 4 is 28.9 Å². The van der Waals surface area contributed by atoms with Crippen LogP contribution in [0.4, 0.5) is 0 Å². The summed E-state index contributed by atoms with van der Waals surface area (Å²) in [6, 6.07) is 14.0. The second-order valence-electron chi connectivity index (χ2n) is 8.15. The summed E-state index contributed by atoms with van der Waals surface area (Å²) in [7, 11) is 1.69. The van der Waals surface area contributed by atoms with Crippen molar-refractivity contribution in [1.82, 2.24) is 19.8 Å². The van der Waals surface area contributed by atoms with Crippen molar-refractivity contribution in [3.63, 3.8) is 0 Å². The number of methoxy groups -OCH3 is 1. The van der Waals surface area contributed by atoms with Crippen molar-refractivity contribution in [1.29, 1.82) is 0 Å². The molecule has 3 heterocycles. The Morgan fingerprint density at radius 3 is 2.69 bits per heavy atom. The van der Waals surface area contributed by atoms with Gasteiger partial charge in [0.05, 0.1) is 30.6 Å². The van der Waals surface area contributed by atoms with E-state index < -0.39 is 0 Å². The number of halogens is 1. The molecule has 0 bridgehead atoms.